The maximum Gasteiger partial charge on any atom is 0.137 e. The smallest absolute Gasteiger partial charge is 0.137 e. The monoisotopic (exact) mass is 243 g/mol. The molecule has 0 aliphatic carbocycles. The van der Waals surface area contributed by atoms with Crippen LogP contribution in [0.25, 0.3) is 11.0 Å². The zero-order chi connectivity index (χ0) is 12.5. The van der Waals surface area contributed by atoms with Gasteiger partial charge in [0.1, 0.15) is 5.65 Å². The Hall–Kier alpha value is -1.35. The SMILES string of the molecule is CC(C)N1CCC(c2cc3cccnc3[nH]2)CC1. The van der Waals surface area contributed by atoms with Crippen molar-refractivity contribution in [3.63, 3.8) is 0 Å². The predicted molar refractivity (Wildman–Crippen MR) is 74.8 cm³/mol. The molecule has 0 amide bonds. The highest BCUT2D eigenvalue weighted by Crippen LogP contribution is 2.29. The fourth-order valence-corrected chi connectivity index (χ4v) is 2.93. The number of pyridine rings is 1. The number of rotatable bonds is 2. The Morgan fingerprint density at radius 1 is 1.33 bits per heavy atom. The van der Waals surface area contributed by atoms with Crippen LogP contribution in [0.15, 0.2) is 24.4 Å². The van der Waals surface area contributed by atoms with Gasteiger partial charge in [-0.1, -0.05) is 0 Å². The van der Waals surface area contributed by atoms with Crippen molar-refractivity contribution < 1.29 is 0 Å². The standard InChI is InChI=1S/C15H21N3/c1-11(2)18-8-5-12(6-9-18)14-10-13-4-3-7-16-15(13)17-14/h3-4,7,10-12H,5-6,8-9H2,1-2H3,(H,16,17). The number of nitrogens with zero attached hydrogens (tertiary/aromatic N) is 2. The highest BCUT2D eigenvalue weighted by molar-refractivity contribution is 5.76. The first kappa shape index (κ1) is 11.7. The van der Waals surface area contributed by atoms with E-state index in [4.69, 9.17) is 0 Å². The third-order valence-electron chi connectivity index (χ3n) is 4.11. The van der Waals surface area contributed by atoms with Crippen molar-refractivity contribution in [3.8, 4) is 0 Å². The first-order valence-corrected chi connectivity index (χ1v) is 6.92. The lowest BCUT2D eigenvalue weighted by molar-refractivity contribution is 0.171. The van der Waals surface area contributed by atoms with Gasteiger partial charge in [0.15, 0.2) is 0 Å². The predicted octanol–water partition coefficient (Wildman–Crippen LogP) is 3.15. The largest absolute Gasteiger partial charge is 0.343 e. The minimum absolute atomic E-state index is 0.675. The molecule has 0 bridgehead atoms. The fraction of sp³-hybridized carbons (Fsp3) is 0.533. The summed E-state index contributed by atoms with van der Waals surface area (Å²) in [5.74, 6) is 0.675. The van der Waals surface area contributed by atoms with Crippen LogP contribution in [0.4, 0.5) is 0 Å². The second-order valence-electron chi connectivity index (χ2n) is 5.57. The number of aromatic amines is 1. The van der Waals surface area contributed by atoms with E-state index >= 15 is 0 Å². The molecule has 1 fully saturated rings. The molecule has 2 aromatic heterocycles. The van der Waals surface area contributed by atoms with E-state index in [1.54, 1.807) is 0 Å². The molecule has 1 saturated heterocycles. The second kappa shape index (κ2) is 4.73. The van der Waals surface area contributed by atoms with E-state index in [0.717, 1.165) is 5.65 Å². The minimum Gasteiger partial charge on any atom is -0.343 e. The quantitative estimate of drug-likeness (QED) is 0.878. The molecule has 1 aliphatic heterocycles. The van der Waals surface area contributed by atoms with E-state index < -0.39 is 0 Å². The van der Waals surface area contributed by atoms with Crippen LogP contribution in [0.3, 0.4) is 0 Å². The maximum atomic E-state index is 4.37. The normalized spacial score (nSPS) is 18.8. The Morgan fingerprint density at radius 3 is 2.78 bits per heavy atom. The van der Waals surface area contributed by atoms with Crippen LogP contribution in [0.5, 0.6) is 0 Å². The van der Waals surface area contributed by atoms with Crippen molar-refractivity contribution >= 4 is 11.0 Å². The van der Waals surface area contributed by atoms with Gasteiger partial charge < -0.3 is 9.88 Å². The van der Waals surface area contributed by atoms with Crippen LogP contribution in [0.1, 0.15) is 38.3 Å². The Labute approximate surface area is 108 Å². The molecule has 0 saturated carbocycles. The molecule has 2 aromatic rings. The molecule has 1 N–H and O–H groups in total. The zero-order valence-electron chi connectivity index (χ0n) is 11.2. The highest BCUT2D eigenvalue weighted by atomic mass is 15.1. The van der Waals surface area contributed by atoms with Gasteiger partial charge in [0.25, 0.3) is 0 Å². The molecule has 3 nitrogen and oxygen atoms in total. The molecule has 0 spiro atoms. The Bertz CT molecular complexity index is 488. The molecule has 0 atom stereocenters. The van der Waals surface area contributed by atoms with Crippen molar-refractivity contribution in [3.05, 3.63) is 30.1 Å². The molecule has 0 radical (unpaired) electrons. The lowest BCUT2D eigenvalue weighted by Gasteiger charge is -2.34. The summed E-state index contributed by atoms with van der Waals surface area (Å²) in [7, 11) is 0. The number of H-pyrrole nitrogens is 1. The molecule has 3 heterocycles. The van der Waals surface area contributed by atoms with Crippen LogP contribution >= 0.6 is 0 Å². The van der Waals surface area contributed by atoms with Crippen molar-refractivity contribution in [2.75, 3.05) is 13.1 Å². The van der Waals surface area contributed by atoms with Crippen LogP contribution in [-0.2, 0) is 0 Å². The van der Waals surface area contributed by atoms with Crippen molar-refractivity contribution in [1.29, 1.82) is 0 Å². The summed E-state index contributed by atoms with van der Waals surface area (Å²) in [5.41, 5.74) is 2.39. The van der Waals surface area contributed by atoms with Crippen LogP contribution in [0, 0.1) is 0 Å². The van der Waals surface area contributed by atoms with Crippen molar-refractivity contribution in [1.82, 2.24) is 14.9 Å². The van der Waals surface area contributed by atoms with Gasteiger partial charge in [-0.15, -0.1) is 0 Å². The second-order valence-corrected chi connectivity index (χ2v) is 5.57. The molecule has 3 rings (SSSR count). The van der Waals surface area contributed by atoms with Crippen LogP contribution in [0.2, 0.25) is 0 Å². The average molecular weight is 243 g/mol. The summed E-state index contributed by atoms with van der Waals surface area (Å²) in [6.45, 7) is 7.00. The lowest BCUT2D eigenvalue weighted by Crippen LogP contribution is -2.37. The van der Waals surface area contributed by atoms with Gasteiger partial charge >= 0.3 is 0 Å². The topological polar surface area (TPSA) is 31.9 Å². The number of hydrogen-bond acceptors (Lipinski definition) is 2. The van der Waals surface area contributed by atoms with Gasteiger partial charge in [0.2, 0.25) is 0 Å². The highest BCUT2D eigenvalue weighted by Gasteiger charge is 2.23. The van der Waals surface area contributed by atoms with E-state index in [-0.39, 0.29) is 0 Å². The van der Waals surface area contributed by atoms with Gasteiger partial charge in [0, 0.05) is 29.2 Å². The first-order valence-electron chi connectivity index (χ1n) is 6.92. The number of fused-ring (bicyclic) bond motifs is 1. The van der Waals surface area contributed by atoms with E-state index in [0.29, 0.717) is 12.0 Å². The first-order chi connectivity index (χ1) is 8.74. The van der Waals surface area contributed by atoms with Crippen LogP contribution in [-0.4, -0.2) is 34.0 Å². The molecular weight excluding hydrogens is 222 g/mol. The van der Waals surface area contributed by atoms with Gasteiger partial charge in [-0.2, -0.15) is 0 Å². The van der Waals surface area contributed by atoms with Crippen molar-refractivity contribution in [2.45, 2.75) is 38.6 Å². The zero-order valence-corrected chi connectivity index (χ0v) is 11.2. The third kappa shape index (κ3) is 2.15. The third-order valence-corrected chi connectivity index (χ3v) is 4.11. The van der Waals surface area contributed by atoms with Crippen molar-refractivity contribution in [2.24, 2.45) is 0 Å². The van der Waals surface area contributed by atoms with E-state index in [2.05, 4.69) is 40.8 Å². The van der Waals surface area contributed by atoms with Crippen LogP contribution < -0.4 is 0 Å². The average Bonchev–Trinajstić information content (AvgIpc) is 2.82. The summed E-state index contributed by atoms with van der Waals surface area (Å²) in [4.78, 5) is 10.4. The lowest BCUT2D eigenvalue weighted by atomic mass is 9.93. The van der Waals surface area contributed by atoms with E-state index in [9.17, 15) is 0 Å². The molecule has 1 aliphatic rings. The molecular formula is C15H21N3. The Balaban J connectivity index is 1.76. The fourth-order valence-electron chi connectivity index (χ4n) is 2.93. The summed E-state index contributed by atoms with van der Waals surface area (Å²) in [6, 6.07) is 7.08. The maximum absolute atomic E-state index is 4.37. The summed E-state index contributed by atoms with van der Waals surface area (Å²) >= 11 is 0. The van der Waals surface area contributed by atoms with Gasteiger partial charge in [-0.05, 0) is 58.0 Å². The van der Waals surface area contributed by atoms with E-state index in [1.165, 1.54) is 37.0 Å². The molecule has 0 unspecified atom stereocenters. The Morgan fingerprint density at radius 2 is 2.11 bits per heavy atom. The minimum atomic E-state index is 0.675. The Kier molecular flexibility index (Phi) is 3.08. The summed E-state index contributed by atoms with van der Waals surface area (Å²) in [6.07, 6.45) is 4.36. The number of aromatic nitrogens is 2. The number of hydrogen-bond donors (Lipinski definition) is 1. The molecule has 18 heavy (non-hydrogen) atoms. The van der Waals surface area contributed by atoms with Gasteiger partial charge in [-0.25, -0.2) is 4.98 Å². The summed E-state index contributed by atoms with van der Waals surface area (Å²) in [5, 5.41) is 1.23. The molecule has 3 heteroatoms. The molecule has 96 valence electrons. The number of likely N-dealkylation sites (tertiary alicyclic amines) is 1. The van der Waals surface area contributed by atoms with E-state index in [1.807, 2.05) is 12.3 Å². The molecule has 0 aromatic carbocycles. The number of nitrogens with one attached hydrogen (secondary N) is 1. The number of piperidine rings is 1. The van der Waals surface area contributed by atoms with Gasteiger partial charge in [-0.3, -0.25) is 0 Å². The van der Waals surface area contributed by atoms with Gasteiger partial charge in [0.05, 0.1) is 0 Å². The summed E-state index contributed by atoms with van der Waals surface area (Å²) < 4.78 is 0.